The molecule has 1 aliphatic heterocycles. The Morgan fingerprint density at radius 2 is 2.00 bits per heavy atom. The summed E-state index contributed by atoms with van der Waals surface area (Å²) in [7, 11) is -3.42. The topological polar surface area (TPSA) is 93.4 Å². The number of ketones is 1. The highest BCUT2D eigenvalue weighted by Crippen LogP contribution is 2.31. The third-order valence-electron chi connectivity index (χ3n) is 4.77. The average Bonchev–Trinajstić information content (AvgIpc) is 3.21. The van der Waals surface area contributed by atoms with Gasteiger partial charge in [-0.1, -0.05) is 25.5 Å². The van der Waals surface area contributed by atoms with Gasteiger partial charge < -0.3 is 9.67 Å². The summed E-state index contributed by atoms with van der Waals surface area (Å²) in [4.78, 5) is 24.3. The van der Waals surface area contributed by atoms with Gasteiger partial charge in [-0.3, -0.25) is 9.59 Å². The number of sulfone groups is 1. The van der Waals surface area contributed by atoms with Crippen LogP contribution in [-0.2, 0) is 21.2 Å². The molecule has 0 saturated heterocycles. The highest BCUT2D eigenvalue weighted by atomic mass is 32.2. The molecule has 0 amide bonds. The lowest BCUT2D eigenvalue weighted by molar-refractivity contribution is -0.138. The van der Waals surface area contributed by atoms with Crippen molar-refractivity contribution in [3.05, 3.63) is 53.3 Å². The third kappa shape index (κ3) is 3.31. The highest BCUT2D eigenvalue weighted by molar-refractivity contribution is 7.91. The standard InChI is InChI=1S/C19H21NO5S/c1-2-3-11-26(24,25)14-6-4-5-13(12-14)18(21)17-8-7-16-15(19(22)23)9-10-20(16)17/h4-8,12,15H,2-3,9-11H2,1H3,(H,22,23). The number of fused-ring (bicyclic) bond motifs is 1. The molecule has 1 aliphatic rings. The lowest BCUT2D eigenvalue weighted by Crippen LogP contribution is -2.11. The van der Waals surface area contributed by atoms with Crippen LogP contribution in [0, 0.1) is 0 Å². The first-order valence-corrected chi connectivity index (χ1v) is 10.3. The molecule has 0 fully saturated rings. The quantitative estimate of drug-likeness (QED) is 0.751. The van der Waals surface area contributed by atoms with Gasteiger partial charge in [-0.15, -0.1) is 0 Å². The Morgan fingerprint density at radius 1 is 1.23 bits per heavy atom. The lowest BCUT2D eigenvalue weighted by atomic mass is 10.1. The van der Waals surface area contributed by atoms with Crippen LogP contribution in [-0.4, -0.2) is 35.6 Å². The van der Waals surface area contributed by atoms with Gasteiger partial charge in [0.15, 0.2) is 9.84 Å². The number of aliphatic carboxylic acids is 1. The monoisotopic (exact) mass is 375 g/mol. The maximum absolute atomic E-state index is 12.9. The molecular weight excluding hydrogens is 354 g/mol. The maximum Gasteiger partial charge on any atom is 0.312 e. The normalized spacial score (nSPS) is 16.4. The van der Waals surface area contributed by atoms with Crippen molar-refractivity contribution in [3.63, 3.8) is 0 Å². The third-order valence-corrected chi connectivity index (χ3v) is 6.56. The van der Waals surface area contributed by atoms with Gasteiger partial charge in [0.25, 0.3) is 0 Å². The van der Waals surface area contributed by atoms with E-state index in [0.717, 1.165) is 6.42 Å². The summed E-state index contributed by atoms with van der Waals surface area (Å²) >= 11 is 0. The second-order valence-corrected chi connectivity index (χ2v) is 8.61. The Morgan fingerprint density at radius 3 is 2.69 bits per heavy atom. The molecule has 3 rings (SSSR count). The smallest absolute Gasteiger partial charge is 0.312 e. The molecule has 0 bridgehead atoms. The van der Waals surface area contributed by atoms with E-state index in [4.69, 9.17) is 0 Å². The Kier molecular flexibility index (Phi) is 5.00. The van der Waals surface area contributed by atoms with Crippen molar-refractivity contribution in [3.8, 4) is 0 Å². The number of hydrogen-bond acceptors (Lipinski definition) is 4. The second kappa shape index (κ2) is 7.07. The van der Waals surface area contributed by atoms with Crippen molar-refractivity contribution in [2.24, 2.45) is 0 Å². The number of carbonyl (C=O) groups excluding carboxylic acids is 1. The van der Waals surface area contributed by atoms with Crippen LogP contribution in [0.5, 0.6) is 0 Å². The van der Waals surface area contributed by atoms with Gasteiger partial charge in [0.2, 0.25) is 5.78 Å². The minimum atomic E-state index is -3.42. The van der Waals surface area contributed by atoms with Crippen LogP contribution in [0.15, 0.2) is 41.3 Å². The number of carbonyl (C=O) groups is 2. The number of unbranched alkanes of at least 4 members (excludes halogenated alkanes) is 1. The summed E-state index contributed by atoms with van der Waals surface area (Å²) in [5.41, 5.74) is 1.31. The van der Waals surface area contributed by atoms with Crippen molar-refractivity contribution in [2.45, 2.75) is 43.5 Å². The van der Waals surface area contributed by atoms with Crippen LogP contribution in [0.3, 0.4) is 0 Å². The molecule has 6 nitrogen and oxygen atoms in total. The summed E-state index contributed by atoms with van der Waals surface area (Å²) in [5, 5.41) is 9.26. The molecule has 0 aliphatic carbocycles. The predicted octanol–water partition coefficient (Wildman–Crippen LogP) is 2.86. The Balaban J connectivity index is 1.92. The van der Waals surface area contributed by atoms with Gasteiger partial charge in [-0.05, 0) is 37.1 Å². The van der Waals surface area contributed by atoms with Gasteiger partial charge in [0, 0.05) is 17.8 Å². The van der Waals surface area contributed by atoms with Crippen molar-refractivity contribution in [2.75, 3.05) is 5.75 Å². The van der Waals surface area contributed by atoms with E-state index in [1.807, 2.05) is 6.92 Å². The fourth-order valence-electron chi connectivity index (χ4n) is 3.32. The molecule has 1 aromatic carbocycles. The van der Waals surface area contributed by atoms with Crippen molar-refractivity contribution in [1.82, 2.24) is 4.57 Å². The zero-order valence-corrected chi connectivity index (χ0v) is 15.3. The van der Waals surface area contributed by atoms with E-state index in [-0.39, 0.29) is 16.4 Å². The number of aromatic nitrogens is 1. The van der Waals surface area contributed by atoms with Gasteiger partial charge in [-0.25, -0.2) is 8.42 Å². The molecule has 2 aromatic rings. The number of nitrogens with zero attached hydrogens (tertiary/aromatic N) is 1. The first kappa shape index (κ1) is 18.4. The largest absolute Gasteiger partial charge is 0.481 e. The average molecular weight is 375 g/mol. The number of carboxylic acids is 1. The second-order valence-electron chi connectivity index (χ2n) is 6.50. The van der Waals surface area contributed by atoms with E-state index in [9.17, 15) is 23.1 Å². The van der Waals surface area contributed by atoms with Gasteiger partial charge in [0.1, 0.15) is 0 Å². The molecule has 0 saturated carbocycles. The Bertz CT molecular complexity index is 958. The highest BCUT2D eigenvalue weighted by Gasteiger charge is 2.31. The van der Waals surface area contributed by atoms with Gasteiger partial charge in [0.05, 0.1) is 22.3 Å². The zero-order valence-electron chi connectivity index (χ0n) is 14.5. The van der Waals surface area contributed by atoms with Crippen molar-refractivity contribution >= 4 is 21.6 Å². The van der Waals surface area contributed by atoms with Crippen molar-refractivity contribution in [1.29, 1.82) is 0 Å². The van der Waals surface area contributed by atoms with Crippen LogP contribution in [0.4, 0.5) is 0 Å². The first-order valence-electron chi connectivity index (χ1n) is 8.65. The van der Waals surface area contributed by atoms with E-state index < -0.39 is 21.7 Å². The maximum atomic E-state index is 12.9. The molecule has 2 heterocycles. The molecule has 138 valence electrons. The first-order chi connectivity index (χ1) is 12.3. The van der Waals surface area contributed by atoms with E-state index in [2.05, 4.69) is 0 Å². The molecule has 1 unspecified atom stereocenters. The zero-order chi connectivity index (χ0) is 18.9. The molecular formula is C19H21NO5S. The van der Waals surface area contributed by atoms with Gasteiger partial charge >= 0.3 is 5.97 Å². The summed E-state index contributed by atoms with van der Waals surface area (Å²) in [6.07, 6.45) is 1.80. The number of rotatable bonds is 7. The minimum Gasteiger partial charge on any atom is -0.481 e. The SMILES string of the molecule is CCCCS(=O)(=O)c1cccc(C(=O)c2ccc3n2CCC3C(=O)O)c1. The van der Waals surface area contributed by atoms with E-state index in [0.29, 0.717) is 36.3 Å². The molecule has 0 spiro atoms. The summed E-state index contributed by atoms with van der Waals surface area (Å²) in [5.74, 6) is -1.74. The number of hydrogen-bond donors (Lipinski definition) is 1. The van der Waals surface area contributed by atoms with Gasteiger partial charge in [-0.2, -0.15) is 0 Å². The lowest BCUT2D eigenvalue weighted by Gasteiger charge is -2.08. The molecule has 1 aromatic heterocycles. The summed E-state index contributed by atoms with van der Waals surface area (Å²) in [6, 6.07) is 9.36. The number of carboxylic acid groups (broad SMARTS) is 1. The minimum absolute atomic E-state index is 0.0575. The number of benzene rings is 1. The molecule has 0 radical (unpaired) electrons. The van der Waals surface area contributed by atoms with Crippen molar-refractivity contribution < 1.29 is 23.1 Å². The molecule has 1 atom stereocenters. The van der Waals surface area contributed by atoms with Crippen LogP contribution >= 0.6 is 0 Å². The summed E-state index contributed by atoms with van der Waals surface area (Å²) in [6.45, 7) is 2.39. The Hall–Kier alpha value is -2.41. The molecule has 26 heavy (non-hydrogen) atoms. The van der Waals surface area contributed by atoms with Crippen LogP contribution < -0.4 is 0 Å². The van der Waals surface area contributed by atoms with Crippen LogP contribution in [0.2, 0.25) is 0 Å². The molecule has 7 heteroatoms. The van der Waals surface area contributed by atoms with Crippen LogP contribution in [0.25, 0.3) is 0 Å². The van der Waals surface area contributed by atoms with Crippen LogP contribution in [0.1, 0.15) is 53.8 Å². The summed E-state index contributed by atoms with van der Waals surface area (Å²) < 4.78 is 26.5. The van der Waals surface area contributed by atoms with E-state index in [1.54, 1.807) is 28.8 Å². The van der Waals surface area contributed by atoms with E-state index in [1.165, 1.54) is 12.1 Å². The fraction of sp³-hybridized carbons (Fsp3) is 0.368. The predicted molar refractivity (Wildman–Crippen MR) is 96.3 cm³/mol. The van der Waals surface area contributed by atoms with E-state index >= 15 is 0 Å². The molecule has 1 N–H and O–H groups in total. The Labute approximate surface area is 152 Å². The fourth-order valence-corrected chi connectivity index (χ4v) is 4.82.